The summed E-state index contributed by atoms with van der Waals surface area (Å²) in [6.45, 7) is 8.87. The highest BCUT2D eigenvalue weighted by atomic mass is 32.1. The third-order valence-corrected chi connectivity index (χ3v) is 6.90. The van der Waals surface area contributed by atoms with Crippen molar-refractivity contribution in [3.05, 3.63) is 64.5 Å². The van der Waals surface area contributed by atoms with Gasteiger partial charge < -0.3 is 19.1 Å². The lowest BCUT2D eigenvalue weighted by atomic mass is 9.98. The van der Waals surface area contributed by atoms with Crippen LogP contribution in [0.1, 0.15) is 61.1 Å². The summed E-state index contributed by atoms with van der Waals surface area (Å²) in [5.41, 5.74) is 0.926. The number of carbonyl (C=O) groups excluding carboxylic acids is 2. The molecule has 2 aromatic carbocycles. The second-order valence-corrected chi connectivity index (χ2v) is 10.7. The van der Waals surface area contributed by atoms with Crippen LogP contribution in [0.5, 0.6) is 11.5 Å². The van der Waals surface area contributed by atoms with Gasteiger partial charge in [-0.05, 0) is 76.9 Å². The van der Waals surface area contributed by atoms with Gasteiger partial charge in [0.2, 0.25) is 0 Å². The summed E-state index contributed by atoms with van der Waals surface area (Å²) in [4.78, 5) is 32.3. The molecule has 0 saturated carbocycles. The van der Waals surface area contributed by atoms with Crippen molar-refractivity contribution in [1.29, 1.82) is 0 Å². The Labute approximate surface area is 216 Å². The van der Waals surface area contributed by atoms with Crippen molar-refractivity contribution >= 4 is 23.4 Å². The second-order valence-electron chi connectivity index (χ2n) is 9.63. The molecular weight excluding hydrogens is 476 g/mol. The monoisotopic (exact) mass is 508 g/mol. The van der Waals surface area contributed by atoms with Gasteiger partial charge in [-0.1, -0.05) is 18.2 Å². The maximum Gasteiger partial charge on any atom is 0.410 e. The average Bonchev–Trinajstić information content (AvgIpc) is 3.30. The molecule has 0 atom stereocenters. The SMILES string of the molecule is CCOC(=O)c1sc(C2CCN(C(=O)OC(C)(C)C)CC2)nc1-c1ccc(Oc2ccccc2)cc1. The van der Waals surface area contributed by atoms with Crippen molar-refractivity contribution in [2.24, 2.45) is 0 Å². The van der Waals surface area contributed by atoms with E-state index >= 15 is 0 Å². The zero-order valence-electron chi connectivity index (χ0n) is 21.2. The molecule has 1 aliphatic rings. The number of benzene rings is 2. The molecule has 190 valence electrons. The van der Waals surface area contributed by atoms with E-state index in [-0.39, 0.29) is 18.0 Å². The number of likely N-dealkylation sites (tertiary alicyclic amines) is 1. The molecule has 0 bridgehead atoms. The van der Waals surface area contributed by atoms with Crippen molar-refractivity contribution in [3.63, 3.8) is 0 Å². The van der Waals surface area contributed by atoms with E-state index < -0.39 is 5.60 Å². The first kappa shape index (κ1) is 25.7. The number of ether oxygens (including phenoxy) is 3. The Balaban J connectivity index is 1.51. The standard InChI is InChI=1S/C28H32N2O5S/c1-5-33-26(31)24-23(19-11-13-22(14-12-19)34-21-9-7-6-8-10-21)29-25(36-24)20-15-17-30(18-16-20)27(32)35-28(2,3)4/h6-14,20H,5,15-18H2,1-4H3. The molecule has 4 rings (SSSR count). The Kier molecular flexibility index (Phi) is 7.94. The summed E-state index contributed by atoms with van der Waals surface area (Å²) in [5.74, 6) is 1.25. The quantitative estimate of drug-likeness (QED) is 0.337. The Morgan fingerprint density at radius 3 is 2.25 bits per heavy atom. The second kappa shape index (κ2) is 11.1. The largest absolute Gasteiger partial charge is 0.462 e. The van der Waals surface area contributed by atoms with E-state index in [9.17, 15) is 9.59 Å². The predicted octanol–water partition coefficient (Wildman–Crippen LogP) is 6.89. The van der Waals surface area contributed by atoms with Gasteiger partial charge in [0.1, 0.15) is 22.0 Å². The molecule has 3 aromatic rings. The van der Waals surface area contributed by atoms with E-state index in [0.29, 0.717) is 36.0 Å². The molecule has 0 spiro atoms. The van der Waals surface area contributed by atoms with Crippen LogP contribution < -0.4 is 4.74 Å². The lowest BCUT2D eigenvalue weighted by Crippen LogP contribution is -2.41. The summed E-state index contributed by atoms with van der Waals surface area (Å²) >= 11 is 1.38. The minimum atomic E-state index is -0.519. The van der Waals surface area contributed by atoms with Gasteiger partial charge in [0.15, 0.2) is 0 Å². The van der Waals surface area contributed by atoms with E-state index in [4.69, 9.17) is 19.2 Å². The minimum absolute atomic E-state index is 0.163. The summed E-state index contributed by atoms with van der Waals surface area (Å²) in [6.07, 6.45) is 1.24. The fourth-order valence-corrected chi connectivity index (χ4v) is 5.13. The van der Waals surface area contributed by atoms with E-state index in [1.165, 1.54) is 11.3 Å². The average molecular weight is 509 g/mol. The lowest BCUT2D eigenvalue weighted by Gasteiger charge is -2.32. The fraction of sp³-hybridized carbons (Fsp3) is 0.393. The summed E-state index contributed by atoms with van der Waals surface area (Å²) in [6, 6.07) is 17.1. The van der Waals surface area contributed by atoms with Crippen molar-refractivity contribution in [2.45, 2.75) is 52.1 Å². The molecule has 0 radical (unpaired) electrons. The molecule has 1 amide bonds. The summed E-state index contributed by atoms with van der Waals surface area (Å²) in [5, 5.41) is 0.890. The van der Waals surface area contributed by atoms with Crippen LogP contribution in [-0.2, 0) is 9.47 Å². The van der Waals surface area contributed by atoms with Gasteiger partial charge in [0.25, 0.3) is 0 Å². The van der Waals surface area contributed by atoms with Gasteiger partial charge in [-0.25, -0.2) is 14.6 Å². The number of nitrogens with zero attached hydrogens (tertiary/aromatic N) is 2. The van der Waals surface area contributed by atoms with Crippen LogP contribution >= 0.6 is 11.3 Å². The highest BCUT2D eigenvalue weighted by Crippen LogP contribution is 2.37. The number of esters is 1. The van der Waals surface area contributed by atoms with Gasteiger partial charge in [0, 0.05) is 24.6 Å². The van der Waals surface area contributed by atoms with Crippen LogP contribution in [-0.4, -0.2) is 47.2 Å². The van der Waals surface area contributed by atoms with Gasteiger partial charge >= 0.3 is 12.1 Å². The smallest absolute Gasteiger partial charge is 0.410 e. The maximum atomic E-state index is 12.8. The van der Waals surface area contributed by atoms with E-state index in [1.807, 2.05) is 75.4 Å². The zero-order chi connectivity index (χ0) is 25.7. The Hall–Kier alpha value is -3.39. The number of piperidine rings is 1. The third-order valence-electron chi connectivity index (χ3n) is 5.71. The summed E-state index contributed by atoms with van der Waals surface area (Å²) < 4.78 is 16.7. The van der Waals surface area contributed by atoms with Gasteiger partial charge in [-0.3, -0.25) is 0 Å². The number of hydrogen-bond acceptors (Lipinski definition) is 7. The molecule has 1 aromatic heterocycles. The molecule has 36 heavy (non-hydrogen) atoms. The first-order valence-corrected chi connectivity index (χ1v) is 13.0. The van der Waals surface area contributed by atoms with Gasteiger partial charge in [0.05, 0.1) is 17.3 Å². The number of rotatable bonds is 6. The molecule has 1 fully saturated rings. The highest BCUT2D eigenvalue weighted by molar-refractivity contribution is 7.14. The van der Waals surface area contributed by atoms with Crippen molar-refractivity contribution in [1.82, 2.24) is 9.88 Å². The van der Waals surface area contributed by atoms with E-state index in [2.05, 4.69) is 0 Å². The van der Waals surface area contributed by atoms with Crippen LogP contribution in [0.4, 0.5) is 4.79 Å². The van der Waals surface area contributed by atoms with Crippen LogP contribution in [0.25, 0.3) is 11.3 Å². The zero-order valence-corrected chi connectivity index (χ0v) is 22.0. The third kappa shape index (κ3) is 6.43. The van der Waals surface area contributed by atoms with Crippen molar-refractivity contribution in [2.75, 3.05) is 19.7 Å². The van der Waals surface area contributed by atoms with Crippen LogP contribution in [0, 0.1) is 0 Å². The van der Waals surface area contributed by atoms with Gasteiger partial charge in [-0.2, -0.15) is 0 Å². The highest BCUT2D eigenvalue weighted by Gasteiger charge is 2.31. The number of para-hydroxylation sites is 1. The van der Waals surface area contributed by atoms with Crippen molar-refractivity contribution in [3.8, 4) is 22.8 Å². The molecule has 7 nitrogen and oxygen atoms in total. The molecule has 0 N–H and O–H groups in total. The fourth-order valence-electron chi connectivity index (χ4n) is 3.98. The number of amides is 1. The molecular formula is C28H32N2O5S. The number of thiazole rings is 1. The Morgan fingerprint density at radius 2 is 1.64 bits per heavy atom. The molecule has 1 saturated heterocycles. The number of hydrogen-bond donors (Lipinski definition) is 0. The Morgan fingerprint density at radius 1 is 1.00 bits per heavy atom. The first-order valence-electron chi connectivity index (χ1n) is 12.2. The van der Waals surface area contributed by atoms with Crippen LogP contribution in [0.3, 0.4) is 0 Å². The maximum absolute atomic E-state index is 12.8. The van der Waals surface area contributed by atoms with E-state index in [1.54, 1.807) is 11.8 Å². The normalized spacial score (nSPS) is 14.4. The molecule has 2 heterocycles. The predicted molar refractivity (Wildman–Crippen MR) is 140 cm³/mol. The lowest BCUT2D eigenvalue weighted by molar-refractivity contribution is 0.0204. The molecule has 1 aliphatic heterocycles. The van der Waals surface area contributed by atoms with E-state index in [0.717, 1.165) is 29.2 Å². The molecule has 0 aliphatic carbocycles. The topological polar surface area (TPSA) is 78.0 Å². The Bertz CT molecular complexity index is 1180. The van der Waals surface area contributed by atoms with Gasteiger partial charge in [-0.15, -0.1) is 11.3 Å². The molecule has 8 heteroatoms. The van der Waals surface area contributed by atoms with Crippen molar-refractivity contribution < 1.29 is 23.8 Å². The van der Waals surface area contributed by atoms with Crippen LogP contribution in [0.15, 0.2) is 54.6 Å². The minimum Gasteiger partial charge on any atom is -0.462 e. The first-order chi connectivity index (χ1) is 17.2. The number of carbonyl (C=O) groups is 2. The van der Waals surface area contributed by atoms with Crippen LogP contribution in [0.2, 0.25) is 0 Å². The number of aromatic nitrogens is 1. The summed E-state index contributed by atoms with van der Waals surface area (Å²) in [7, 11) is 0. The molecule has 0 unspecified atom stereocenters.